The van der Waals surface area contributed by atoms with Crippen molar-refractivity contribution in [2.24, 2.45) is 0 Å². The van der Waals surface area contributed by atoms with Gasteiger partial charge >= 0.3 is 5.97 Å². The first kappa shape index (κ1) is 19.4. The Kier molecular flexibility index (Phi) is 6.13. The number of amides is 2. The molecule has 0 saturated carbocycles. The normalized spacial score (nSPS) is 17.4. The summed E-state index contributed by atoms with van der Waals surface area (Å²) in [6, 6.07) is 9.49. The Bertz CT molecular complexity index is 823. The number of hydrogen-bond acceptors (Lipinski definition) is 5. The van der Waals surface area contributed by atoms with Crippen molar-refractivity contribution in [3.05, 3.63) is 51.7 Å². The first-order valence-electron chi connectivity index (χ1n) is 8.57. The third-order valence-corrected chi connectivity index (χ3v) is 5.40. The van der Waals surface area contributed by atoms with Crippen LogP contribution in [0.1, 0.15) is 29.4 Å². The average Bonchev–Trinajstić information content (AvgIpc) is 3.34. The van der Waals surface area contributed by atoms with Gasteiger partial charge in [0.1, 0.15) is 6.04 Å². The minimum absolute atomic E-state index is 0.178. The minimum atomic E-state index is -0.979. The maximum absolute atomic E-state index is 12.5. The van der Waals surface area contributed by atoms with E-state index in [1.54, 1.807) is 36.4 Å². The lowest BCUT2D eigenvalue weighted by Gasteiger charge is -2.24. The van der Waals surface area contributed by atoms with E-state index < -0.39 is 24.0 Å². The van der Waals surface area contributed by atoms with Gasteiger partial charge in [0.05, 0.1) is 4.88 Å². The first-order chi connectivity index (χ1) is 13.0. The van der Waals surface area contributed by atoms with E-state index >= 15 is 0 Å². The Balaban J connectivity index is 1.59. The molecule has 2 aromatic rings. The number of nitrogens with zero attached hydrogens (tertiary/aromatic N) is 1. The van der Waals surface area contributed by atoms with E-state index in [0.717, 1.165) is 6.42 Å². The SMILES string of the molecule is C[C@@H](OC(=O)[C@@H]1CCCN1C(=O)c1cccs1)C(=O)Nc1ccc(Cl)cc1. The summed E-state index contributed by atoms with van der Waals surface area (Å²) in [5.41, 5.74) is 0.558. The van der Waals surface area contributed by atoms with Crippen LogP contribution >= 0.6 is 22.9 Å². The predicted octanol–water partition coefficient (Wildman–Crippen LogP) is 3.58. The van der Waals surface area contributed by atoms with Gasteiger partial charge in [0.15, 0.2) is 6.10 Å². The third kappa shape index (κ3) is 4.67. The van der Waals surface area contributed by atoms with Crippen molar-refractivity contribution in [2.45, 2.75) is 31.9 Å². The van der Waals surface area contributed by atoms with E-state index in [4.69, 9.17) is 16.3 Å². The monoisotopic (exact) mass is 406 g/mol. The van der Waals surface area contributed by atoms with Gasteiger partial charge in [-0.1, -0.05) is 17.7 Å². The Hall–Kier alpha value is -2.38. The summed E-state index contributed by atoms with van der Waals surface area (Å²) in [6.07, 6.45) is 0.274. The molecule has 2 amide bonds. The predicted molar refractivity (Wildman–Crippen MR) is 104 cm³/mol. The smallest absolute Gasteiger partial charge is 0.329 e. The molecule has 0 unspecified atom stereocenters. The van der Waals surface area contributed by atoms with E-state index in [9.17, 15) is 14.4 Å². The van der Waals surface area contributed by atoms with Crippen molar-refractivity contribution in [1.82, 2.24) is 4.90 Å². The van der Waals surface area contributed by atoms with Crippen molar-refractivity contribution >= 4 is 46.4 Å². The van der Waals surface area contributed by atoms with Gasteiger partial charge in [-0.05, 0) is 55.5 Å². The van der Waals surface area contributed by atoms with Crippen LogP contribution in [0.5, 0.6) is 0 Å². The molecule has 0 aliphatic carbocycles. The lowest BCUT2D eigenvalue weighted by atomic mass is 10.2. The van der Waals surface area contributed by atoms with E-state index in [1.165, 1.54) is 23.2 Å². The van der Waals surface area contributed by atoms with E-state index in [-0.39, 0.29) is 5.91 Å². The molecule has 1 aliphatic heterocycles. The molecule has 2 heterocycles. The molecule has 3 rings (SSSR count). The molecule has 1 saturated heterocycles. The number of ether oxygens (including phenoxy) is 1. The largest absolute Gasteiger partial charge is 0.451 e. The van der Waals surface area contributed by atoms with E-state index in [0.29, 0.717) is 28.6 Å². The molecule has 2 atom stereocenters. The summed E-state index contributed by atoms with van der Waals surface area (Å²) >= 11 is 7.15. The zero-order valence-electron chi connectivity index (χ0n) is 14.7. The highest BCUT2D eigenvalue weighted by Crippen LogP contribution is 2.23. The second kappa shape index (κ2) is 8.54. The van der Waals surface area contributed by atoms with Crippen LogP contribution in [0.2, 0.25) is 5.02 Å². The number of carbonyl (C=O) groups excluding carboxylic acids is 3. The number of likely N-dealkylation sites (tertiary alicyclic amines) is 1. The second-order valence-electron chi connectivity index (χ2n) is 6.21. The minimum Gasteiger partial charge on any atom is -0.451 e. The number of esters is 1. The van der Waals surface area contributed by atoms with Crippen LogP contribution in [0.4, 0.5) is 5.69 Å². The average molecular weight is 407 g/mol. The van der Waals surface area contributed by atoms with Crippen LogP contribution in [0.3, 0.4) is 0 Å². The van der Waals surface area contributed by atoms with Crippen LogP contribution in [-0.4, -0.2) is 41.4 Å². The van der Waals surface area contributed by atoms with Crippen molar-refractivity contribution in [3.8, 4) is 0 Å². The van der Waals surface area contributed by atoms with Gasteiger partial charge in [-0.2, -0.15) is 0 Å². The highest BCUT2D eigenvalue weighted by Gasteiger charge is 2.37. The quantitative estimate of drug-likeness (QED) is 0.770. The number of hydrogen-bond donors (Lipinski definition) is 1. The van der Waals surface area contributed by atoms with Gasteiger partial charge in [0, 0.05) is 17.3 Å². The lowest BCUT2D eigenvalue weighted by Crippen LogP contribution is -2.43. The van der Waals surface area contributed by atoms with Gasteiger partial charge in [0.2, 0.25) is 0 Å². The number of benzene rings is 1. The Morgan fingerprint density at radius 1 is 1.26 bits per heavy atom. The number of halogens is 1. The van der Waals surface area contributed by atoms with Gasteiger partial charge in [-0.3, -0.25) is 9.59 Å². The third-order valence-electron chi connectivity index (χ3n) is 4.29. The summed E-state index contributed by atoms with van der Waals surface area (Å²) < 4.78 is 5.32. The summed E-state index contributed by atoms with van der Waals surface area (Å²) in [5, 5.41) is 5.05. The summed E-state index contributed by atoms with van der Waals surface area (Å²) in [4.78, 5) is 39.4. The molecule has 0 bridgehead atoms. The zero-order chi connectivity index (χ0) is 19.4. The van der Waals surface area contributed by atoms with Crippen LogP contribution in [-0.2, 0) is 14.3 Å². The van der Waals surface area contributed by atoms with E-state index in [2.05, 4.69) is 5.32 Å². The fourth-order valence-electron chi connectivity index (χ4n) is 2.88. The molecule has 1 fully saturated rings. The topological polar surface area (TPSA) is 75.7 Å². The summed E-state index contributed by atoms with van der Waals surface area (Å²) in [5.74, 6) is -1.18. The van der Waals surface area contributed by atoms with Crippen LogP contribution in [0.15, 0.2) is 41.8 Å². The molecule has 6 nitrogen and oxygen atoms in total. The van der Waals surface area contributed by atoms with Gasteiger partial charge in [-0.25, -0.2) is 4.79 Å². The summed E-state index contributed by atoms with van der Waals surface area (Å²) in [6.45, 7) is 2.01. The van der Waals surface area contributed by atoms with Crippen LogP contribution < -0.4 is 5.32 Å². The van der Waals surface area contributed by atoms with Crippen LogP contribution in [0.25, 0.3) is 0 Å². The number of nitrogens with one attached hydrogen (secondary N) is 1. The lowest BCUT2D eigenvalue weighted by molar-refractivity contribution is -0.156. The molecule has 27 heavy (non-hydrogen) atoms. The molecule has 0 spiro atoms. The van der Waals surface area contributed by atoms with Crippen molar-refractivity contribution < 1.29 is 19.1 Å². The molecule has 1 aromatic heterocycles. The standard InChI is InChI=1S/C19H19ClN2O4S/c1-12(17(23)21-14-8-6-13(20)7-9-14)26-19(25)15-4-2-10-22(15)18(24)16-5-3-11-27-16/h3,5-9,11-12,15H,2,4,10H2,1H3,(H,21,23)/t12-,15+/m1/s1. The fourth-order valence-corrected chi connectivity index (χ4v) is 3.68. The number of rotatable bonds is 5. The van der Waals surface area contributed by atoms with Crippen LogP contribution in [0, 0.1) is 0 Å². The van der Waals surface area contributed by atoms with E-state index in [1.807, 2.05) is 5.38 Å². The highest BCUT2D eigenvalue weighted by molar-refractivity contribution is 7.12. The fraction of sp³-hybridized carbons (Fsp3) is 0.316. The van der Waals surface area contributed by atoms with Gasteiger partial charge in [-0.15, -0.1) is 11.3 Å². The number of carbonyl (C=O) groups is 3. The van der Waals surface area contributed by atoms with Crippen molar-refractivity contribution in [3.63, 3.8) is 0 Å². The van der Waals surface area contributed by atoms with Crippen molar-refractivity contribution in [1.29, 1.82) is 0 Å². The molecular formula is C19H19ClN2O4S. The summed E-state index contributed by atoms with van der Waals surface area (Å²) in [7, 11) is 0. The van der Waals surface area contributed by atoms with Gasteiger partial charge < -0.3 is 15.0 Å². The Morgan fingerprint density at radius 2 is 2.00 bits per heavy atom. The Morgan fingerprint density at radius 3 is 2.67 bits per heavy atom. The zero-order valence-corrected chi connectivity index (χ0v) is 16.3. The highest BCUT2D eigenvalue weighted by atomic mass is 35.5. The molecule has 1 aromatic carbocycles. The second-order valence-corrected chi connectivity index (χ2v) is 7.59. The molecule has 1 N–H and O–H groups in total. The molecule has 1 aliphatic rings. The maximum Gasteiger partial charge on any atom is 0.329 e. The molecule has 8 heteroatoms. The number of thiophene rings is 1. The maximum atomic E-state index is 12.5. The Labute approximate surface area is 166 Å². The van der Waals surface area contributed by atoms with Crippen molar-refractivity contribution in [2.75, 3.05) is 11.9 Å². The molecule has 142 valence electrons. The molecule has 0 radical (unpaired) electrons. The first-order valence-corrected chi connectivity index (χ1v) is 9.83. The molecular weight excluding hydrogens is 388 g/mol. The van der Waals surface area contributed by atoms with Gasteiger partial charge in [0.25, 0.3) is 11.8 Å². The number of anilines is 1.